The van der Waals surface area contributed by atoms with E-state index in [0.29, 0.717) is 5.56 Å². The van der Waals surface area contributed by atoms with Gasteiger partial charge in [-0.25, -0.2) is 4.68 Å². The zero-order valence-corrected chi connectivity index (χ0v) is 17.0. The van der Waals surface area contributed by atoms with Gasteiger partial charge in [0.15, 0.2) is 0 Å². The van der Waals surface area contributed by atoms with Crippen LogP contribution in [0.2, 0.25) is 0 Å². The highest BCUT2D eigenvalue weighted by Gasteiger charge is 2.25. The Labute approximate surface area is 179 Å². The van der Waals surface area contributed by atoms with Gasteiger partial charge in [0.05, 0.1) is 11.7 Å². The van der Waals surface area contributed by atoms with Crippen LogP contribution in [0.15, 0.2) is 71.9 Å². The smallest absolute Gasteiger partial charge is 0.267 e. The van der Waals surface area contributed by atoms with Crippen LogP contribution < -0.4 is 10.9 Å². The van der Waals surface area contributed by atoms with Crippen LogP contribution in [0.1, 0.15) is 42.1 Å². The average molecular weight is 413 g/mol. The van der Waals surface area contributed by atoms with E-state index in [9.17, 15) is 9.59 Å². The van der Waals surface area contributed by atoms with E-state index < -0.39 is 0 Å². The van der Waals surface area contributed by atoms with Crippen molar-refractivity contribution in [3.8, 4) is 11.3 Å². The summed E-state index contributed by atoms with van der Waals surface area (Å²) < 4.78 is 1.60. The minimum atomic E-state index is -0.0978. The first-order chi connectivity index (χ1) is 15.2. The lowest BCUT2D eigenvalue weighted by molar-refractivity contribution is 0.0921. The number of nitrogens with zero attached hydrogens (tertiary/aromatic N) is 3. The van der Waals surface area contributed by atoms with E-state index in [4.69, 9.17) is 0 Å². The zero-order chi connectivity index (χ0) is 21.2. The van der Waals surface area contributed by atoms with E-state index >= 15 is 0 Å². The van der Waals surface area contributed by atoms with Crippen molar-refractivity contribution in [2.45, 2.75) is 37.8 Å². The predicted octanol–water partition coefficient (Wildman–Crippen LogP) is 3.70. The van der Waals surface area contributed by atoms with Crippen molar-refractivity contribution in [3.63, 3.8) is 0 Å². The minimum Gasteiger partial charge on any atom is -0.361 e. The predicted molar refractivity (Wildman–Crippen MR) is 119 cm³/mol. The van der Waals surface area contributed by atoms with Crippen LogP contribution in [-0.4, -0.2) is 31.7 Å². The van der Waals surface area contributed by atoms with Crippen LogP contribution in [0.3, 0.4) is 0 Å². The molecule has 1 aliphatic carbocycles. The Bertz CT molecular complexity index is 1270. The third-order valence-electron chi connectivity index (χ3n) is 5.98. The van der Waals surface area contributed by atoms with Gasteiger partial charge in [-0.15, -0.1) is 0 Å². The lowest BCUT2D eigenvalue weighted by atomic mass is 9.91. The molecule has 1 aliphatic rings. The molecular weight excluding hydrogens is 390 g/mol. The molecule has 1 aromatic carbocycles. The maximum atomic E-state index is 12.7. The van der Waals surface area contributed by atoms with Gasteiger partial charge in [-0.05, 0) is 67.5 Å². The van der Waals surface area contributed by atoms with E-state index in [1.54, 1.807) is 29.2 Å². The fraction of sp³-hybridized carbons (Fsp3) is 0.250. The molecule has 7 heteroatoms. The quantitative estimate of drug-likeness (QED) is 0.534. The van der Waals surface area contributed by atoms with E-state index in [2.05, 4.69) is 20.4 Å². The average Bonchev–Trinajstić information content (AvgIpc) is 3.28. The first kappa shape index (κ1) is 19.2. The second-order valence-electron chi connectivity index (χ2n) is 8.00. The summed E-state index contributed by atoms with van der Waals surface area (Å²) in [5.41, 5.74) is 3.13. The van der Waals surface area contributed by atoms with Gasteiger partial charge in [0.1, 0.15) is 0 Å². The van der Waals surface area contributed by atoms with E-state index in [0.717, 1.165) is 47.8 Å². The van der Waals surface area contributed by atoms with Gasteiger partial charge in [-0.1, -0.05) is 6.07 Å². The van der Waals surface area contributed by atoms with Crippen molar-refractivity contribution in [3.05, 3.63) is 83.0 Å². The van der Waals surface area contributed by atoms with Crippen molar-refractivity contribution in [2.24, 2.45) is 0 Å². The number of rotatable bonds is 4. The number of carbonyl (C=O) groups excluding carboxylic acids is 1. The maximum Gasteiger partial charge on any atom is 0.267 e. The number of benzene rings is 1. The topological polar surface area (TPSA) is 92.7 Å². The Kier molecular flexibility index (Phi) is 5.08. The first-order valence-corrected chi connectivity index (χ1v) is 10.6. The number of hydrogen-bond acceptors (Lipinski definition) is 4. The lowest BCUT2D eigenvalue weighted by Gasteiger charge is -2.29. The molecule has 0 saturated heterocycles. The summed E-state index contributed by atoms with van der Waals surface area (Å²) in [6.07, 6.45) is 8.54. The molecule has 1 fully saturated rings. The largest absolute Gasteiger partial charge is 0.361 e. The lowest BCUT2D eigenvalue weighted by Crippen LogP contribution is -2.39. The zero-order valence-electron chi connectivity index (χ0n) is 17.0. The molecule has 3 aromatic heterocycles. The molecule has 0 unspecified atom stereocenters. The van der Waals surface area contributed by atoms with Crippen molar-refractivity contribution in [2.75, 3.05) is 0 Å². The number of pyridine rings is 1. The minimum absolute atomic E-state index is 0.0348. The summed E-state index contributed by atoms with van der Waals surface area (Å²) >= 11 is 0. The number of aromatic nitrogens is 4. The van der Waals surface area contributed by atoms with Crippen LogP contribution in [-0.2, 0) is 0 Å². The van der Waals surface area contributed by atoms with Gasteiger partial charge in [-0.3, -0.25) is 14.6 Å². The van der Waals surface area contributed by atoms with E-state index in [-0.39, 0.29) is 23.6 Å². The molecule has 4 aromatic rings. The molecule has 31 heavy (non-hydrogen) atoms. The molecule has 5 rings (SSSR count). The number of fused-ring (bicyclic) bond motifs is 1. The Morgan fingerprint density at radius 2 is 1.94 bits per heavy atom. The fourth-order valence-corrected chi connectivity index (χ4v) is 4.28. The van der Waals surface area contributed by atoms with Gasteiger partial charge in [0, 0.05) is 47.3 Å². The number of carbonyl (C=O) groups is 1. The number of hydrogen-bond donors (Lipinski definition) is 2. The monoisotopic (exact) mass is 413 g/mol. The highest BCUT2D eigenvalue weighted by Crippen LogP contribution is 2.28. The molecule has 0 radical (unpaired) electrons. The number of H-pyrrole nitrogens is 1. The third-order valence-corrected chi connectivity index (χ3v) is 5.98. The van der Waals surface area contributed by atoms with Crippen molar-refractivity contribution in [1.29, 1.82) is 0 Å². The van der Waals surface area contributed by atoms with Crippen LogP contribution in [0.25, 0.3) is 22.2 Å². The molecule has 2 N–H and O–H groups in total. The summed E-state index contributed by atoms with van der Waals surface area (Å²) in [5.74, 6) is -0.0613. The van der Waals surface area contributed by atoms with E-state index in [1.165, 1.54) is 0 Å². The van der Waals surface area contributed by atoms with Crippen molar-refractivity contribution < 1.29 is 4.79 Å². The number of amides is 1. The number of aromatic amines is 1. The first-order valence-electron chi connectivity index (χ1n) is 10.6. The highest BCUT2D eigenvalue weighted by atomic mass is 16.1. The highest BCUT2D eigenvalue weighted by molar-refractivity contribution is 5.98. The maximum absolute atomic E-state index is 12.7. The summed E-state index contributed by atoms with van der Waals surface area (Å²) in [7, 11) is 0. The second kappa shape index (κ2) is 8.18. The van der Waals surface area contributed by atoms with Crippen LogP contribution in [0.5, 0.6) is 0 Å². The normalized spacial score (nSPS) is 18.7. The summed E-state index contributed by atoms with van der Waals surface area (Å²) in [6.45, 7) is 0. The summed E-state index contributed by atoms with van der Waals surface area (Å²) in [6, 6.07) is 14.9. The standard InChI is InChI=1S/C24H23N5O2/c30-23-10-9-21(18-2-1-12-25-15-18)28-29(23)20-7-5-19(6-8-20)27-24(31)17-4-3-16-11-13-26-22(16)14-17/h1-4,9-15,19-20,26H,5-8H2,(H,27,31). The summed E-state index contributed by atoms with van der Waals surface area (Å²) in [4.78, 5) is 32.4. The van der Waals surface area contributed by atoms with Gasteiger partial charge in [-0.2, -0.15) is 5.10 Å². The summed E-state index contributed by atoms with van der Waals surface area (Å²) in [5, 5.41) is 8.83. The molecular formula is C24H23N5O2. The van der Waals surface area contributed by atoms with Crippen molar-refractivity contribution >= 4 is 16.8 Å². The van der Waals surface area contributed by atoms with Crippen molar-refractivity contribution in [1.82, 2.24) is 25.1 Å². The van der Waals surface area contributed by atoms with Crippen LogP contribution in [0.4, 0.5) is 0 Å². The Hall–Kier alpha value is -3.74. The second-order valence-corrected chi connectivity index (χ2v) is 8.00. The van der Waals surface area contributed by atoms with Crippen LogP contribution >= 0.6 is 0 Å². The van der Waals surface area contributed by atoms with Gasteiger partial charge in [0.2, 0.25) is 0 Å². The van der Waals surface area contributed by atoms with Crippen LogP contribution in [0, 0.1) is 0 Å². The molecule has 0 aliphatic heterocycles. The Morgan fingerprint density at radius 3 is 2.74 bits per heavy atom. The van der Waals surface area contributed by atoms with Gasteiger partial charge >= 0.3 is 0 Å². The number of nitrogens with one attached hydrogen (secondary N) is 2. The Morgan fingerprint density at radius 1 is 1.06 bits per heavy atom. The molecule has 0 atom stereocenters. The van der Waals surface area contributed by atoms with Gasteiger partial charge in [0.25, 0.3) is 11.5 Å². The van der Waals surface area contributed by atoms with Gasteiger partial charge < -0.3 is 10.3 Å². The van der Waals surface area contributed by atoms with E-state index in [1.807, 2.05) is 42.6 Å². The molecule has 1 amide bonds. The molecule has 1 saturated carbocycles. The third kappa shape index (κ3) is 3.99. The molecule has 0 spiro atoms. The molecule has 0 bridgehead atoms. The SMILES string of the molecule is O=C(NC1CCC(n2nc(-c3cccnc3)ccc2=O)CC1)c1ccc2cc[nH]c2c1. The fourth-order valence-electron chi connectivity index (χ4n) is 4.28. The molecule has 3 heterocycles. The Balaban J connectivity index is 1.25. The molecule has 7 nitrogen and oxygen atoms in total. The molecule has 156 valence electrons.